The first kappa shape index (κ1) is 27.7. The molecule has 0 atom stereocenters. The van der Waals surface area contributed by atoms with Crippen molar-refractivity contribution in [2.24, 2.45) is 28.0 Å². The predicted octanol–water partition coefficient (Wildman–Crippen LogP) is 4.06. The van der Waals surface area contributed by atoms with Crippen LogP contribution in [0.25, 0.3) is 0 Å². The molecule has 33 heavy (non-hydrogen) atoms. The zero-order valence-corrected chi connectivity index (χ0v) is 22.9. The first-order chi connectivity index (χ1) is 15.4. The lowest BCUT2D eigenvalue weighted by Crippen LogP contribution is -2.43. The van der Waals surface area contributed by atoms with Crippen molar-refractivity contribution in [3.05, 3.63) is 23.9 Å². The van der Waals surface area contributed by atoms with Crippen LogP contribution in [0, 0.1) is 17.3 Å². The highest BCUT2D eigenvalue weighted by Gasteiger charge is 2.34. The van der Waals surface area contributed by atoms with Gasteiger partial charge in [0.1, 0.15) is 5.82 Å². The molecule has 1 aliphatic heterocycles. The Labute approximate surface area is 216 Å². The Morgan fingerprint density at radius 2 is 1.97 bits per heavy atom. The second kappa shape index (κ2) is 13.3. The Kier molecular flexibility index (Phi) is 11.2. The lowest BCUT2D eigenvalue weighted by atomic mass is 9.78. The second-order valence-corrected chi connectivity index (χ2v) is 10.0. The SMILES string of the molecule is CCNC(=NCc1cccnc1N1CCC(C(N)=O)CC1)NCC1(CC(C)C)CCCC1.I. The summed E-state index contributed by atoms with van der Waals surface area (Å²) in [6.07, 6.45) is 9.99. The number of halogens is 1. The number of rotatable bonds is 9. The van der Waals surface area contributed by atoms with E-state index < -0.39 is 0 Å². The number of carbonyl (C=O) groups excluding carboxylic acids is 1. The van der Waals surface area contributed by atoms with Crippen molar-refractivity contribution in [2.45, 2.75) is 72.3 Å². The highest BCUT2D eigenvalue weighted by atomic mass is 127. The van der Waals surface area contributed by atoms with Crippen LogP contribution in [0.1, 0.15) is 71.3 Å². The Hall–Kier alpha value is -1.58. The molecule has 8 heteroatoms. The van der Waals surface area contributed by atoms with Gasteiger partial charge in [0.2, 0.25) is 5.91 Å². The summed E-state index contributed by atoms with van der Waals surface area (Å²) in [4.78, 5) is 23.3. The van der Waals surface area contributed by atoms with Crippen LogP contribution >= 0.6 is 24.0 Å². The van der Waals surface area contributed by atoms with Gasteiger partial charge in [-0.25, -0.2) is 9.98 Å². The fraction of sp³-hybridized carbons (Fsp3) is 0.720. The van der Waals surface area contributed by atoms with Gasteiger partial charge >= 0.3 is 0 Å². The zero-order valence-electron chi connectivity index (χ0n) is 20.6. The number of hydrogen-bond donors (Lipinski definition) is 3. The van der Waals surface area contributed by atoms with Crippen LogP contribution in [0.3, 0.4) is 0 Å². The van der Waals surface area contributed by atoms with Crippen LogP contribution in [0.5, 0.6) is 0 Å². The molecule has 1 amide bonds. The van der Waals surface area contributed by atoms with Gasteiger partial charge in [0, 0.05) is 43.9 Å². The van der Waals surface area contributed by atoms with Crippen molar-refractivity contribution < 1.29 is 4.79 Å². The lowest BCUT2D eigenvalue weighted by molar-refractivity contribution is -0.122. The van der Waals surface area contributed by atoms with Gasteiger partial charge in [-0.2, -0.15) is 0 Å². The number of aliphatic imine (C=N–C) groups is 1. The van der Waals surface area contributed by atoms with Gasteiger partial charge in [0.05, 0.1) is 6.54 Å². The van der Waals surface area contributed by atoms with E-state index in [1.54, 1.807) is 0 Å². The second-order valence-electron chi connectivity index (χ2n) is 10.0. The molecule has 0 unspecified atom stereocenters. The molecule has 1 saturated carbocycles. The molecule has 186 valence electrons. The highest BCUT2D eigenvalue weighted by molar-refractivity contribution is 14.0. The molecule has 1 aromatic rings. The molecule has 2 fully saturated rings. The first-order valence-corrected chi connectivity index (χ1v) is 12.4. The van der Waals surface area contributed by atoms with Crippen LogP contribution in [0.15, 0.2) is 23.3 Å². The quantitative estimate of drug-likeness (QED) is 0.237. The summed E-state index contributed by atoms with van der Waals surface area (Å²) in [6.45, 7) is 10.8. The monoisotopic (exact) mass is 570 g/mol. The van der Waals surface area contributed by atoms with Crippen molar-refractivity contribution in [2.75, 3.05) is 31.1 Å². The molecular weight excluding hydrogens is 527 g/mol. The maximum Gasteiger partial charge on any atom is 0.220 e. The van der Waals surface area contributed by atoms with E-state index >= 15 is 0 Å². The molecule has 2 aliphatic rings. The maximum atomic E-state index is 11.5. The van der Waals surface area contributed by atoms with Gasteiger partial charge in [0.15, 0.2) is 5.96 Å². The van der Waals surface area contributed by atoms with E-state index in [-0.39, 0.29) is 35.8 Å². The maximum absolute atomic E-state index is 11.5. The van der Waals surface area contributed by atoms with Gasteiger partial charge < -0.3 is 21.3 Å². The van der Waals surface area contributed by atoms with Crippen LogP contribution in [0.4, 0.5) is 5.82 Å². The number of primary amides is 1. The fourth-order valence-electron chi connectivity index (χ4n) is 5.44. The number of hydrogen-bond acceptors (Lipinski definition) is 4. The summed E-state index contributed by atoms with van der Waals surface area (Å²) in [5.74, 6) is 2.36. The largest absolute Gasteiger partial charge is 0.369 e. The summed E-state index contributed by atoms with van der Waals surface area (Å²) >= 11 is 0. The van der Waals surface area contributed by atoms with Crippen molar-refractivity contribution >= 4 is 41.7 Å². The Morgan fingerprint density at radius 1 is 1.27 bits per heavy atom. The Balaban J connectivity index is 0.00000385. The minimum Gasteiger partial charge on any atom is -0.369 e. The van der Waals surface area contributed by atoms with E-state index in [9.17, 15) is 4.79 Å². The van der Waals surface area contributed by atoms with Gasteiger partial charge in [-0.15, -0.1) is 24.0 Å². The number of piperidine rings is 1. The van der Waals surface area contributed by atoms with Crippen LogP contribution in [-0.2, 0) is 11.3 Å². The number of nitrogens with one attached hydrogen (secondary N) is 2. The normalized spacial score (nSPS) is 18.8. The number of pyridine rings is 1. The molecule has 3 rings (SSSR count). The number of amides is 1. The average molecular weight is 571 g/mol. The third kappa shape index (κ3) is 8.00. The van der Waals surface area contributed by atoms with E-state index in [4.69, 9.17) is 10.7 Å². The number of anilines is 1. The third-order valence-corrected chi connectivity index (χ3v) is 6.95. The number of carbonyl (C=O) groups is 1. The standard InChI is InChI=1S/C25H42N6O.HI/c1-4-27-24(30-18-25(16-19(2)3)11-5-6-12-25)29-17-21-8-7-13-28-23(21)31-14-9-20(10-15-31)22(26)32;/h7-8,13,19-20H,4-6,9-12,14-18H2,1-3H3,(H2,26,32)(H2,27,29,30);1H. The summed E-state index contributed by atoms with van der Waals surface area (Å²) in [5, 5.41) is 7.07. The van der Waals surface area contributed by atoms with E-state index in [0.29, 0.717) is 17.9 Å². The van der Waals surface area contributed by atoms with E-state index in [1.165, 1.54) is 32.1 Å². The predicted molar refractivity (Wildman–Crippen MR) is 147 cm³/mol. The molecule has 7 nitrogen and oxygen atoms in total. The summed E-state index contributed by atoms with van der Waals surface area (Å²) in [6, 6.07) is 4.08. The smallest absolute Gasteiger partial charge is 0.220 e. The number of nitrogens with zero attached hydrogens (tertiary/aromatic N) is 3. The summed E-state index contributed by atoms with van der Waals surface area (Å²) in [7, 11) is 0. The molecule has 0 bridgehead atoms. The molecule has 1 aromatic heterocycles. The fourth-order valence-corrected chi connectivity index (χ4v) is 5.44. The summed E-state index contributed by atoms with van der Waals surface area (Å²) < 4.78 is 0. The molecular formula is C25H43IN6O. The molecule has 0 radical (unpaired) electrons. The molecule has 1 aliphatic carbocycles. The molecule has 0 aromatic carbocycles. The van der Waals surface area contributed by atoms with Gasteiger partial charge in [-0.3, -0.25) is 4.79 Å². The van der Waals surface area contributed by atoms with Crippen LogP contribution in [-0.4, -0.2) is 43.0 Å². The third-order valence-electron chi connectivity index (χ3n) is 6.95. The Bertz CT molecular complexity index is 770. The zero-order chi connectivity index (χ0) is 23.0. The van der Waals surface area contributed by atoms with Crippen LogP contribution < -0.4 is 21.3 Å². The number of aromatic nitrogens is 1. The van der Waals surface area contributed by atoms with Crippen molar-refractivity contribution in [3.8, 4) is 0 Å². The van der Waals surface area contributed by atoms with Crippen molar-refractivity contribution in [3.63, 3.8) is 0 Å². The van der Waals surface area contributed by atoms with Crippen molar-refractivity contribution in [1.82, 2.24) is 15.6 Å². The first-order valence-electron chi connectivity index (χ1n) is 12.4. The van der Waals surface area contributed by atoms with Crippen molar-refractivity contribution in [1.29, 1.82) is 0 Å². The molecule has 2 heterocycles. The topological polar surface area (TPSA) is 95.6 Å². The van der Waals surface area contributed by atoms with Gasteiger partial charge in [0.25, 0.3) is 0 Å². The van der Waals surface area contributed by atoms with Gasteiger partial charge in [-0.1, -0.05) is 32.8 Å². The molecule has 1 saturated heterocycles. The molecule has 0 spiro atoms. The number of nitrogens with two attached hydrogens (primary N) is 1. The highest BCUT2D eigenvalue weighted by Crippen LogP contribution is 2.42. The summed E-state index contributed by atoms with van der Waals surface area (Å²) in [5.41, 5.74) is 7.00. The average Bonchev–Trinajstić information content (AvgIpc) is 3.24. The minimum absolute atomic E-state index is 0. The molecule has 4 N–H and O–H groups in total. The van der Waals surface area contributed by atoms with E-state index in [2.05, 4.69) is 47.4 Å². The van der Waals surface area contributed by atoms with E-state index in [1.807, 2.05) is 12.3 Å². The Morgan fingerprint density at radius 3 is 2.58 bits per heavy atom. The van der Waals surface area contributed by atoms with E-state index in [0.717, 1.165) is 56.4 Å². The lowest BCUT2D eigenvalue weighted by Gasteiger charge is -2.32. The van der Waals surface area contributed by atoms with Gasteiger partial charge in [-0.05, 0) is 56.4 Å². The van der Waals surface area contributed by atoms with Crippen LogP contribution in [0.2, 0.25) is 0 Å². The minimum atomic E-state index is -0.186. The number of guanidine groups is 1.